The van der Waals surface area contributed by atoms with Crippen molar-refractivity contribution in [3.63, 3.8) is 0 Å². The Hall–Kier alpha value is -2.50. The first kappa shape index (κ1) is 10.0. The standard InChI is InChI=1S/C10H9N5O/c1-2-9(16)13-8-4-7-15(14-8)10-11-5-3-6-12-10/h2-7H,1H2,(H,13,14,16). The lowest BCUT2D eigenvalue weighted by Gasteiger charge is -1.97. The van der Waals surface area contributed by atoms with Crippen molar-refractivity contribution in [3.05, 3.63) is 43.4 Å². The van der Waals surface area contributed by atoms with Crippen LogP contribution in [-0.4, -0.2) is 25.7 Å². The average molecular weight is 215 g/mol. The SMILES string of the molecule is C=CC(=O)Nc1ccn(-c2ncccn2)n1. The molecule has 0 aromatic carbocycles. The second-order valence-electron chi connectivity index (χ2n) is 2.89. The van der Waals surface area contributed by atoms with Crippen LogP contribution in [0.15, 0.2) is 43.4 Å². The van der Waals surface area contributed by atoms with Crippen LogP contribution in [0.3, 0.4) is 0 Å². The minimum Gasteiger partial charge on any atom is -0.306 e. The largest absolute Gasteiger partial charge is 0.306 e. The molecule has 0 fully saturated rings. The Morgan fingerprint density at radius 3 is 2.88 bits per heavy atom. The molecule has 0 unspecified atom stereocenters. The first-order valence-corrected chi connectivity index (χ1v) is 4.56. The van der Waals surface area contributed by atoms with Gasteiger partial charge in [-0.1, -0.05) is 6.58 Å². The summed E-state index contributed by atoms with van der Waals surface area (Å²) < 4.78 is 1.47. The van der Waals surface area contributed by atoms with E-state index in [1.54, 1.807) is 30.7 Å². The maximum Gasteiger partial charge on any atom is 0.250 e. The van der Waals surface area contributed by atoms with Crippen molar-refractivity contribution in [2.24, 2.45) is 0 Å². The fourth-order valence-corrected chi connectivity index (χ4v) is 1.09. The van der Waals surface area contributed by atoms with Crippen LogP contribution in [0.4, 0.5) is 5.82 Å². The number of hydrogen-bond acceptors (Lipinski definition) is 4. The van der Waals surface area contributed by atoms with E-state index in [0.29, 0.717) is 11.8 Å². The number of carbonyl (C=O) groups is 1. The van der Waals surface area contributed by atoms with Crippen molar-refractivity contribution in [2.75, 3.05) is 5.32 Å². The highest BCUT2D eigenvalue weighted by atomic mass is 16.1. The third-order valence-electron chi connectivity index (χ3n) is 1.78. The maximum atomic E-state index is 11.0. The zero-order chi connectivity index (χ0) is 11.4. The van der Waals surface area contributed by atoms with E-state index in [2.05, 4.69) is 27.0 Å². The van der Waals surface area contributed by atoms with Gasteiger partial charge in [0.15, 0.2) is 5.82 Å². The van der Waals surface area contributed by atoms with Gasteiger partial charge in [-0.3, -0.25) is 4.79 Å². The van der Waals surface area contributed by atoms with Crippen molar-refractivity contribution in [1.29, 1.82) is 0 Å². The van der Waals surface area contributed by atoms with Crippen LogP contribution in [0.1, 0.15) is 0 Å². The Kier molecular flexibility index (Phi) is 2.73. The second kappa shape index (κ2) is 4.35. The number of hydrogen-bond donors (Lipinski definition) is 1. The molecule has 0 aliphatic carbocycles. The molecule has 2 aromatic rings. The number of nitrogens with zero attached hydrogens (tertiary/aromatic N) is 4. The van der Waals surface area contributed by atoms with Crippen LogP contribution < -0.4 is 5.32 Å². The molecule has 0 saturated heterocycles. The summed E-state index contributed by atoms with van der Waals surface area (Å²) >= 11 is 0. The predicted octanol–water partition coefficient (Wildman–Crippen LogP) is 0.787. The summed E-state index contributed by atoms with van der Waals surface area (Å²) in [6.07, 6.45) is 6.07. The highest BCUT2D eigenvalue weighted by Crippen LogP contribution is 2.05. The Morgan fingerprint density at radius 2 is 2.19 bits per heavy atom. The molecule has 0 saturated carbocycles. The number of carbonyl (C=O) groups excluding carboxylic acids is 1. The Balaban J connectivity index is 2.20. The average Bonchev–Trinajstić information content (AvgIpc) is 2.78. The van der Waals surface area contributed by atoms with Gasteiger partial charge in [0, 0.05) is 24.7 Å². The van der Waals surface area contributed by atoms with Crippen molar-refractivity contribution >= 4 is 11.7 Å². The number of rotatable bonds is 3. The molecular formula is C10H9N5O. The molecule has 0 radical (unpaired) electrons. The van der Waals surface area contributed by atoms with Crippen LogP contribution in [0, 0.1) is 0 Å². The minimum atomic E-state index is -0.306. The molecule has 2 heterocycles. The van der Waals surface area contributed by atoms with Crippen molar-refractivity contribution in [2.45, 2.75) is 0 Å². The zero-order valence-electron chi connectivity index (χ0n) is 8.37. The fraction of sp³-hybridized carbons (Fsp3) is 0. The van der Waals surface area contributed by atoms with E-state index in [4.69, 9.17) is 0 Å². The van der Waals surface area contributed by atoms with Gasteiger partial charge in [-0.15, -0.1) is 5.10 Å². The Morgan fingerprint density at radius 1 is 1.44 bits per heavy atom. The normalized spacial score (nSPS) is 9.75. The van der Waals surface area contributed by atoms with E-state index in [1.807, 2.05) is 0 Å². The van der Waals surface area contributed by atoms with E-state index >= 15 is 0 Å². The topological polar surface area (TPSA) is 72.7 Å². The molecule has 2 rings (SSSR count). The van der Waals surface area contributed by atoms with E-state index in [-0.39, 0.29) is 5.91 Å². The van der Waals surface area contributed by atoms with Gasteiger partial charge in [-0.25, -0.2) is 14.6 Å². The van der Waals surface area contributed by atoms with Crippen LogP contribution >= 0.6 is 0 Å². The molecule has 0 atom stereocenters. The van der Waals surface area contributed by atoms with Crippen LogP contribution in [-0.2, 0) is 4.79 Å². The lowest BCUT2D eigenvalue weighted by Crippen LogP contribution is -2.08. The van der Waals surface area contributed by atoms with E-state index in [9.17, 15) is 4.79 Å². The van der Waals surface area contributed by atoms with Gasteiger partial charge in [0.2, 0.25) is 11.9 Å². The molecule has 6 nitrogen and oxygen atoms in total. The first-order valence-electron chi connectivity index (χ1n) is 4.56. The number of nitrogens with one attached hydrogen (secondary N) is 1. The molecule has 0 spiro atoms. The molecular weight excluding hydrogens is 206 g/mol. The van der Waals surface area contributed by atoms with Gasteiger partial charge in [0.1, 0.15) is 0 Å². The monoisotopic (exact) mass is 215 g/mol. The second-order valence-corrected chi connectivity index (χ2v) is 2.89. The molecule has 16 heavy (non-hydrogen) atoms. The van der Waals surface area contributed by atoms with Crippen molar-refractivity contribution in [1.82, 2.24) is 19.7 Å². The summed E-state index contributed by atoms with van der Waals surface area (Å²) in [5.41, 5.74) is 0. The number of amides is 1. The van der Waals surface area contributed by atoms with Gasteiger partial charge in [0.25, 0.3) is 0 Å². The minimum absolute atomic E-state index is 0.306. The number of anilines is 1. The van der Waals surface area contributed by atoms with Crippen molar-refractivity contribution in [3.8, 4) is 5.95 Å². The fourth-order valence-electron chi connectivity index (χ4n) is 1.09. The summed E-state index contributed by atoms with van der Waals surface area (Å²) in [5.74, 6) is 0.568. The molecule has 1 amide bonds. The molecule has 0 aliphatic heterocycles. The quantitative estimate of drug-likeness (QED) is 0.768. The van der Waals surface area contributed by atoms with Gasteiger partial charge in [-0.05, 0) is 12.1 Å². The summed E-state index contributed by atoms with van der Waals surface area (Å²) in [6.45, 7) is 3.35. The molecule has 6 heteroatoms. The highest BCUT2D eigenvalue weighted by molar-refractivity contribution is 5.98. The predicted molar refractivity (Wildman–Crippen MR) is 58.0 cm³/mol. The summed E-state index contributed by atoms with van der Waals surface area (Å²) in [5, 5.41) is 6.62. The van der Waals surface area contributed by atoms with E-state index in [0.717, 1.165) is 0 Å². The van der Waals surface area contributed by atoms with Crippen molar-refractivity contribution < 1.29 is 4.79 Å². The third kappa shape index (κ3) is 2.11. The molecule has 0 aliphatic rings. The summed E-state index contributed by atoms with van der Waals surface area (Å²) in [4.78, 5) is 19.1. The smallest absolute Gasteiger partial charge is 0.250 e. The summed E-state index contributed by atoms with van der Waals surface area (Å²) in [6, 6.07) is 3.37. The first-order chi connectivity index (χ1) is 7.79. The molecule has 80 valence electrons. The maximum absolute atomic E-state index is 11.0. The third-order valence-corrected chi connectivity index (χ3v) is 1.78. The molecule has 0 bridgehead atoms. The molecule has 1 N–H and O–H groups in total. The lowest BCUT2D eigenvalue weighted by atomic mass is 10.5. The van der Waals surface area contributed by atoms with Crippen LogP contribution in [0.2, 0.25) is 0 Å². The van der Waals surface area contributed by atoms with Gasteiger partial charge in [-0.2, -0.15) is 0 Å². The van der Waals surface area contributed by atoms with Gasteiger partial charge >= 0.3 is 0 Å². The lowest BCUT2D eigenvalue weighted by molar-refractivity contribution is -0.111. The van der Waals surface area contributed by atoms with Crippen LogP contribution in [0.25, 0.3) is 5.95 Å². The van der Waals surface area contributed by atoms with E-state index in [1.165, 1.54) is 10.8 Å². The molecule has 2 aromatic heterocycles. The highest BCUT2D eigenvalue weighted by Gasteiger charge is 2.03. The Labute approximate surface area is 91.7 Å². The van der Waals surface area contributed by atoms with Gasteiger partial charge < -0.3 is 5.32 Å². The van der Waals surface area contributed by atoms with Crippen LogP contribution in [0.5, 0.6) is 0 Å². The van der Waals surface area contributed by atoms with E-state index < -0.39 is 0 Å². The van der Waals surface area contributed by atoms with Gasteiger partial charge in [0.05, 0.1) is 0 Å². The summed E-state index contributed by atoms with van der Waals surface area (Å²) in [7, 11) is 0. The number of aromatic nitrogens is 4. The zero-order valence-corrected chi connectivity index (χ0v) is 8.37. The Bertz CT molecular complexity index is 505.